The molecule has 1 unspecified atom stereocenters. The molecule has 0 saturated carbocycles. The van der Waals surface area contributed by atoms with Gasteiger partial charge in [-0.1, -0.05) is 13.0 Å². The molecule has 0 spiro atoms. The first kappa shape index (κ1) is 11.0. The fourth-order valence-electron chi connectivity index (χ4n) is 1.23. The van der Waals surface area contributed by atoms with Crippen LogP contribution < -0.4 is 10.6 Å². The average molecular weight is 193 g/mol. The van der Waals surface area contributed by atoms with Gasteiger partial charge in [0.05, 0.1) is 0 Å². The Morgan fingerprint density at radius 3 is 2.86 bits per heavy atom. The van der Waals surface area contributed by atoms with Crippen LogP contribution in [0.1, 0.15) is 13.3 Å². The highest BCUT2D eigenvalue weighted by atomic mass is 15.2. The Morgan fingerprint density at radius 1 is 1.50 bits per heavy atom. The molecule has 1 heterocycles. The van der Waals surface area contributed by atoms with Crippen LogP contribution in [0.2, 0.25) is 0 Å². The quantitative estimate of drug-likeness (QED) is 0.770. The number of hydrogen-bond donors (Lipinski definition) is 1. The lowest BCUT2D eigenvalue weighted by Crippen LogP contribution is -2.23. The summed E-state index contributed by atoms with van der Waals surface area (Å²) in [7, 11) is 2.06. The van der Waals surface area contributed by atoms with Crippen molar-refractivity contribution in [1.82, 2.24) is 4.98 Å². The van der Waals surface area contributed by atoms with Gasteiger partial charge in [0, 0.05) is 19.8 Å². The Bertz CT molecular complexity index is 248. The third-order valence-corrected chi connectivity index (χ3v) is 2.40. The minimum absolute atomic E-state index is 0.584. The summed E-state index contributed by atoms with van der Waals surface area (Å²) in [6.07, 6.45) is 2.93. The number of aromatic nitrogens is 1. The van der Waals surface area contributed by atoms with Gasteiger partial charge >= 0.3 is 0 Å². The second-order valence-electron chi connectivity index (χ2n) is 3.74. The molecule has 0 bridgehead atoms. The van der Waals surface area contributed by atoms with E-state index in [1.807, 2.05) is 24.4 Å². The molecule has 78 valence electrons. The average Bonchev–Trinajstić information content (AvgIpc) is 2.26. The highest BCUT2D eigenvalue weighted by Crippen LogP contribution is 2.09. The van der Waals surface area contributed by atoms with Crippen LogP contribution in [0.15, 0.2) is 24.4 Å². The van der Waals surface area contributed by atoms with Crippen molar-refractivity contribution in [3.8, 4) is 0 Å². The zero-order chi connectivity index (χ0) is 10.4. The van der Waals surface area contributed by atoms with E-state index in [-0.39, 0.29) is 0 Å². The summed E-state index contributed by atoms with van der Waals surface area (Å²) in [4.78, 5) is 6.44. The molecule has 1 aromatic heterocycles. The predicted octanol–water partition coefficient (Wildman–Crippen LogP) is 1.50. The molecule has 0 aliphatic carbocycles. The van der Waals surface area contributed by atoms with Crippen LogP contribution in [0, 0.1) is 5.92 Å². The summed E-state index contributed by atoms with van der Waals surface area (Å²) in [5, 5.41) is 0. The largest absolute Gasteiger partial charge is 0.360 e. The fraction of sp³-hybridized carbons (Fsp3) is 0.545. The van der Waals surface area contributed by atoms with Crippen molar-refractivity contribution in [3.63, 3.8) is 0 Å². The third kappa shape index (κ3) is 3.34. The van der Waals surface area contributed by atoms with E-state index in [1.165, 1.54) is 0 Å². The van der Waals surface area contributed by atoms with E-state index < -0.39 is 0 Å². The number of pyridine rings is 1. The van der Waals surface area contributed by atoms with Gasteiger partial charge in [-0.3, -0.25) is 0 Å². The van der Waals surface area contributed by atoms with Gasteiger partial charge < -0.3 is 10.6 Å². The van der Waals surface area contributed by atoms with E-state index >= 15 is 0 Å². The fourth-order valence-corrected chi connectivity index (χ4v) is 1.23. The zero-order valence-electron chi connectivity index (χ0n) is 8.98. The van der Waals surface area contributed by atoms with Gasteiger partial charge in [-0.05, 0) is 31.0 Å². The van der Waals surface area contributed by atoms with Gasteiger partial charge in [0.1, 0.15) is 5.82 Å². The highest BCUT2D eigenvalue weighted by molar-refractivity contribution is 5.36. The molecule has 0 fully saturated rings. The SMILES string of the molecule is CC(CN)CCN(C)c1ccccn1. The van der Waals surface area contributed by atoms with Gasteiger partial charge in [-0.2, -0.15) is 0 Å². The molecule has 0 saturated heterocycles. The first-order valence-electron chi connectivity index (χ1n) is 5.06. The lowest BCUT2D eigenvalue weighted by Gasteiger charge is -2.19. The van der Waals surface area contributed by atoms with Gasteiger partial charge in [-0.15, -0.1) is 0 Å². The summed E-state index contributed by atoms with van der Waals surface area (Å²) in [6.45, 7) is 3.94. The molecule has 0 aromatic carbocycles. The van der Waals surface area contributed by atoms with Crippen molar-refractivity contribution in [1.29, 1.82) is 0 Å². The summed E-state index contributed by atoms with van der Waals surface area (Å²) >= 11 is 0. The number of nitrogens with two attached hydrogens (primary N) is 1. The van der Waals surface area contributed by atoms with Crippen LogP contribution in [0.5, 0.6) is 0 Å². The van der Waals surface area contributed by atoms with Gasteiger partial charge in [0.15, 0.2) is 0 Å². The van der Waals surface area contributed by atoms with Crippen molar-refractivity contribution in [2.45, 2.75) is 13.3 Å². The molecule has 2 N–H and O–H groups in total. The molecule has 1 atom stereocenters. The second-order valence-corrected chi connectivity index (χ2v) is 3.74. The molecule has 14 heavy (non-hydrogen) atoms. The molecule has 0 aliphatic rings. The van der Waals surface area contributed by atoms with Crippen molar-refractivity contribution in [3.05, 3.63) is 24.4 Å². The number of rotatable bonds is 5. The molecule has 3 nitrogen and oxygen atoms in total. The summed E-state index contributed by atoms with van der Waals surface area (Å²) < 4.78 is 0. The van der Waals surface area contributed by atoms with Crippen LogP contribution in [-0.4, -0.2) is 25.1 Å². The Morgan fingerprint density at radius 2 is 2.29 bits per heavy atom. The third-order valence-electron chi connectivity index (χ3n) is 2.40. The highest BCUT2D eigenvalue weighted by Gasteiger charge is 2.03. The number of nitrogens with zero attached hydrogens (tertiary/aromatic N) is 2. The lowest BCUT2D eigenvalue weighted by molar-refractivity contribution is 0.544. The maximum atomic E-state index is 5.56. The second kappa shape index (κ2) is 5.60. The topological polar surface area (TPSA) is 42.1 Å². The Hall–Kier alpha value is -1.09. The molecule has 1 rings (SSSR count). The van der Waals surface area contributed by atoms with Crippen molar-refractivity contribution in [2.24, 2.45) is 11.7 Å². The van der Waals surface area contributed by atoms with Crippen molar-refractivity contribution >= 4 is 5.82 Å². The first-order valence-corrected chi connectivity index (χ1v) is 5.06. The minimum Gasteiger partial charge on any atom is -0.360 e. The Balaban J connectivity index is 2.39. The smallest absolute Gasteiger partial charge is 0.128 e. The summed E-state index contributed by atoms with van der Waals surface area (Å²) in [5.41, 5.74) is 5.56. The summed E-state index contributed by atoms with van der Waals surface area (Å²) in [5.74, 6) is 1.61. The maximum absolute atomic E-state index is 5.56. The molecule has 3 heteroatoms. The van der Waals surface area contributed by atoms with E-state index in [4.69, 9.17) is 5.73 Å². The standard InChI is InChI=1S/C11H19N3/c1-10(9-12)6-8-14(2)11-5-3-4-7-13-11/h3-5,7,10H,6,8-9,12H2,1-2H3. The van der Waals surface area contributed by atoms with Crippen LogP contribution in [0.3, 0.4) is 0 Å². The van der Waals surface area contributed by atoms with E-state index in [2.05, 4.69) is 23.9 Å². The van der Waals surface area contributed by atoms with E-state index in [0.717, 1.165) is 25.3 Å². The normalized spacial score (nSPS) is 12.5. The monoisotopic (exact) mass is 193 g/mol. The Kier molecular flexibility index (Phi) is 4.40. The van der Waals surface area contributed by atoms with Gasteiger partial charge in [0.2, 0.25) is 0 Å². The lowest BCUT2D eigenvalue weighted by atomic mass is 10.1. The van der Waals surface area contributed by atoms with E-state index in [0.29, 0.717) is 5.92 Å². The molecule has 0 aliphatic heterocycles. The molecule has 1 aromatic rings. The van der Waals surface area contributed by atoms with Crippen molar-refractivity contribution in [2.75, 3.05) is 25.0 Å². The van der Waals surface area contributed by atoms with Crippen LogP contribution >= 0.6 is 0 Å². The Labute approximate surface area is 85.9 Å². The van der Waals surface area contributed by atoms with Crippen LogP contribution in [-0.2, 0) is 0 Å². The van der Waals surface area contributed by atoms with Crippen LogP contribution in [0.25, 0.3) is 0 Å². The predicted molar refractivity (Wildman–Crippen MR) is 60.3 cm³/mol. The van der Waals surface area contributed by atoms with Gasteiger partial charge in [-0.25, -0.2) is 4.98 Å². The number of anilines is 1. The van der Waals surface area contributed by atoms with Crippen molar-refractivity contribution < 1.29 is 0 Å². The van der Waals surface area contributed by atoms with E-state index in [1.54, 1.807) is 0 Å². The number of hydrogen-bond acceptors (Lipinski definition) is 3. The van der Waals surface area contributed by atoms with Gasteiger partial charge in [0.25, 0.3) is 0 Å². The molecular weight excluding hydrogens is 174 g/mol. The minimum atomic E-state index is 0.584. The van der Waals surface area contributed by atoms with E-state index in [9.17, 15) is 0 Å². The maximum Gasteiger partial charge on any atom is 0.128 e. The molecular formula is C11H19N3. The zero-order valence-corrected chi connectivity index (χ0v) is 8.98. The first-order chi connectivity index (χ1) is 6.74. The van der Waals surface area contributed by atoms with Crippen LogP contribution in [0.4, 0.5) is 5.82 Å². The molecule has 0 amide bonds. The summed E-state index contributed by atoms with van der Waals surface area (Å²) in [6, 6.07) is 5.96. The molecule has 0 radical (unpaired) electrons.